The predicted octanol–water partition coefficient (Wildman–Crippen LogP) is 2.66. The van der Waals surface area contributed by atoms with E-state index in [0.717, 1.165) is 29.3 Å². The zero-order valence-corrected chi connectivity index (χ0v) is 12.2. The molecule has 0 atom stereocenters. The second-order valence-electron chi connectivity index (χ2n) is 5.75. The Morgan fingerprint density at radius 3 is 3.05 bits per heavy atom. The Morgan fingerprint density at radius 2 is 2.24 bits per heavy atom. The highest BCUT2D eigenvalue weighted by Crippen LogP contribution is 2.41. The number of benzene rings is 1. The van der Waals surface area contributed by atoms with Gasteiger partial charge in [0.1, 0.15) is 12.2 Å². The van der Waals surface area contributed by atoms with Gasteiger partial charge in [0.25, 0.3) is 0 Å². The van der Waals surface area contributed by atoms with Crippen molar-refractivity contribution >= 4 is 5.69 Å². The Labute approximate surface area is 124 Å². The molecular weight excluding hydrogens is 266 g/mol. The number of para-hydroxylation sites is 1. The fourth-order valence-corrected chi connectivity index (χ4v) is 2.50. The standard InChI is InChI=1S/C16H19N3O2/c1-16(2)9-11-4-3-5-14(15(11)21-16)20-10-13-8-12(19-17)6-7-18-13/h3-8H,9-10,17H2,1-2H3,(H,18,19). The molecule has 3 N–H and O–H groups in total. The molecule has 1 aromatic carbocycles. The number of rotatable bonds is 4. The number of nitrogens with one attached hydrogen (secondary N) is 1. The lowest BCUT2D eigenvalue weighted by Gasteiger charge is -2.18. The SMILES string of the molecule is CC1(C)Cc2cccc(OCc3cc(NN)ccn3)c2O1. The molecule has 3 rings (SSSR count). The van der Waals surface area contributed by atoms with Crippen molar-refractivity contribution in [3.8, 4) is 11.5 Å². The summed E-state index contributed by atoms with van der Waals surface area (Å²) in [6.45, 7) is 4.53. The van der Waals surface area contributed by atoms with Gasteiger partial charge in [0.05, 0.1) is 11.4 Å². The summed E-state index contributed by atoms with van der Waals surface area (Å²) in [6.07, 6.45) is 2.59. The average molecular weight is 285 g/mol. The molecule has 0 saturated heterocycles. The number of nitrogens with zero attached hydrogens (tertiary/aromatic N) is 1. The number of hydrogen-bond donors (Lipinski definition) is 2. The Morgan fingerprint density at radius 1 is 1.38 bits per heavy atom. The number of pyridine rings is 1. The van der Waals surface area contributed by atoms with E-state index in [2.05, 4.69) is 30.3 Å². The molecule has 21 heavy (non-hydrogen) atoms. The normalized spacial score (nSPS) is 15.2. The fourth-order valence-electron chi connectivity index (χ4n) is 2.50. The van der Waals surface area contributed by atoms with Crippen LogP contribution in [0, 0.1) is 0 Å². The molecule has 5 nitrogen and oxygen atoms in total. The number of ether oxygens (including phenoxy) is 2. The van der Waals surface area contributed by atoms with Gasteiger partial charge < -0.3 is 14.9 Å². The van der Waals surface area contributed by atoms with Crippen molar-refractivity contribution in [3.63, 3.8) is 0 Å². The summed E-state index contributed by atoms with van der Waals surface area (Å²) in [5, 5.41) is 0. The number of hydrogen-bond acceptors (Lipinski definition) is 5. The van der Waals surface area contributed by atoms with Crippen LogP contribution in [0.2, 0.25) is 0 Å². The zero-order valence-electron chi connectivity index (χ0n) is 12.2. The van der Waals surface area contributed by atoms with E-state index >= 15 is 0 Å². The molecule has 0 radical (unpaired) electrons. The van der Waals surface area contributed by atoms with E-state index in [-0.39, 0.29) is 5.60 Å². The Balaban J connectivity index is 1.76. The molecule has 0 unspecified atom stereocenters. The smallest absolute Gasteiger partial charge is 0.165 e. The third-order valence-electron chi connectivity index (χ3n) is 3.41. The summed E-state index contributed by atoms with van der Waals surface area (Å²) >= 11 is 0. The summed E-state index contributed by atoms with van der Waals surface area (Å²) in [6, 6.07) is 9.65. The molecule has 0 saturated carbocycles. The lowest BCUT2D eigenvalue weighted by Crippen LogP contribution is -2.24. The highest BCUT2D eigenvalue weighted by molar-refractivity contribution is 5.50. The van der Waals surface area contributed by atoms with Gasteiger partial charge in [-0.2, -0.15) is 0 Å². The van der Waals surface area contributed by atoms with E-state index in [1.807, 2.05) is 18.2 Å². The van der Waals surface area contributed by atoms with Crippen LogP contribution in [0.1, 0.15) is 25.1 Å². The van der Waals surface area contributed by atoms with Crippen molar-refractivity contribution in [2.75, 3.05) is 5.43 Å². The highest BCUT2D eigenvalue weighted by atomic mass is 16.5. The topological polar surface area (TPSA) is 69.4 Å². The highest BCUT2D eigenvalue weighted by Gasteiger charge is 2.32. The van der Waals surface area contributed by atoms with Gasteiger partial charge in [-0.05, 0) is 32.0 Å². The van der Waals surface area contributed by atoms with Crippen molar-refractivity contribution in [1.82, 2.24) is 4.98 Å². The van der Waals surface area contributed by atoms with Crippen molar-refractivity contribution in [2.45, 2.75) is 32.5 Å². The lowest BCUT2D eigenvalue weighted by atomic mass is 10.0. The number of aromatic nitrogens is 1. The maximum Gasteiger partial charge on any atom is 0.165 e. The summed E-state index contributed by atoms with van der Waals surface area (Å²) < 4.78 is 11.9. The zero-order chi connectivity index (χ0) is 14.9. The van der Waals surface area contributed by atoms with Gasteiger partial charge >= 0.3 is 0 Å². The number of hydrazine groups is 1. The molecule has 2 aromatic rings. The molecule has 1 aliphatic heterocycles. The molecule has 0 spiro atoms. The maximum absolute atomic E-state index is 5.98. The van der Waals surface area contributed by atoms with Crippen LogP contribution in [0.3, 0.4) is 0 Å². The molecule has 1 aromatic heterocycles. The van der Waals surface area contributed by atoms with Crippen molar-refractivity contribution in [2.24, 2.45) is 5.84 Å². The number of nitrogen functional groups attached to an aromatic ring is 1. The largest absolute Gasteiger partial charge is 0.483 e. The molecule has 0 amide bonds. The van der Waals surface area contributed by atoms with E-state index in [1.54, 1.807) is 12.3 Å². The second-order valence-corrected chi connectivity index (χ2v) is 5.75. The Hall–Kier alpha value is -2.27. The van der Waals surface area contributed by atoms with Gasteiger partial charge in [-0.1, -0.05) is 12.1 Å². The lowest BCUT2D eigenvalue weighted by molar-refractivity contribution is 0.131. The summed E-state index contributed by atoms with van der Waals surface area (Å²) in [5.41, 5.74) is 5.21. The third kappa shape index (κ3) is 2.92. The first-order chi connectivity index (χ1) is 10.1. The van der Waals surface area contributed by atoms with Crippen LogP contribution in [0.25, 0.3) is 0 Å². The van der Waals surface area contributed by atoms with Crippen LogP contribution in [-0.4, -0.2) is 10.6 Å². The van der Waals surface area contributed by atoms with Gasteiger partial charge in [0.15, 0.2) is 11.5 Å². The molecule has 1 aliphatic rings. The fraction of sp³-hybridized carbons (Fsp3) is 0.312. The second kappa shape index (κ2) is 5.26. The summed E-state index contributed by atoms with van der Waals surface area (Å²) in [5.74, 6) is 6.99. The van der Waals surface area contributed by atoms with Crippen LogP contribution >= 0.6 is 0 Å². The van der Waals surface area contributed by atoms with E-state index < -0.39 is 0 Å². The maximum atomic E-state index is 5.98. The minimum Gasteiger partial charge on any atom is -0.483 e. The molecule has 0 bridgehead atoms. The van der Waals surface area contributed by atoms with Crippen LogP contribution < -0.4 is 20.7 Å². The molecule has 2 heterocycles. The van der Waals surface area contributed by atoms with E-state index in [0.29, 0.717) is 6.61 Å². The van der Waals surface area contributed by atoms with Gasteiger partial charge in [-0.25, -0.2) is 0 Å². The minimum absolute atomic E-state index is 0.177. The predicted molar refractivity (Wildman–Crippen MR) is 81.2 cm³/mol. The molecular formula is C16H19N3O2. The first-order valence-electron chi connectivity index (χ1n) is 6.93. The summed E-state index contributed by atoms with van der Waals surface area (Å²) in [4.78, 5) is 4.26. The molecule has 0 fully saturated rings. The Bertz CT molecular complexity index is 656. The number of nitrogens with two attached hydrogens (primary N) is 1. The molecule has 110 valence electrons. The third-order valence-corrected chi connectivity index (χ3v) is 3.41. The number of anilines is 1. The minimum atomic E-state index is -0.177. The average Bonchev–Trinajstić information content (AvgIpc) is 2.79. The number of fused-ring (bicyclic) bond motifs is 1. The van der Waals surface area contributed by atoms with Crippen molar-refractivity contribution in [3.05, 3.63) is 47.8 Å². The van der Waals surface area contributed by atoms with Gasteiger partial charge in [-0.3, -0.25) is 10.8 Å². The van der Waals surface area contributed by atoms with Crippen LogP contribution in [-0.2, 0) is 13.0 Å². The van der Waals surface area contributed by atoms with Crippen molar-refractivity contribution in [1.29, 1.82) is 0 Å². The monoisotopic (exact) mass is 285 g/mol. The van der Waals surface area contributed by atoms with E-state index in [4.69, 9.17) is 15.3 Å². The molecule has 5 heteroatoms. The van der Waals surface area contributed by atoms with Crippen LogP contribution in [0.4, 0.5) is 5.69 Å². The first kappa shape index (κ1) is 13.7. The van der Waals surface area contributed by atoms with E-state index in [1.165, 1.54) is 5.56 Å². The first-order valence-corrected chi connectivity index (χ1v) is 6.93. The van der Waals surface area contributed by atoms with Gasteiger partial charge in [-0.15, -0.1) is 0 Å². The quantitative estimate of drug-likeness (QED) is 0.667. The molecule has 0 aliphatic carbocycles. The van der Waals surface area contributed by atoms with E-state index in [9.17, 15) is 0 Å². The van der Waals surface area contributed by atoms with Crippen LogP contribution in [0.15, 0.2) is 36.5 Å². The van der Waals surface area contributed by atoms with Gasteiger partial charge in [0.2, 0.25) is 0 Å². The van der Waals surface area contributed by atoms with Gasteiger partial charge in [0, 0.05) is 18.2 Å². The van der Waals surface area contributed by atoms with Crippen LogP contribution in [0.5, 0.6) is 11.5 Å². The Kier molecular flexibility index (Phi) is 3.43. The summed E-state index contributed by atoms with van der Waals surface area (Å²) in [7, 11) is 0. The van der Waals surface area contributed by atoms with Crippen molar-refractivity contribution < 1.29 is 9.47 Å².